The fourth-order valence-corrected chi connectivity index (χ4v) is 12.4. The largest absolute Gasteiger partial charge is 0.393 e. The van der Waals surface area contributed by atoms with Crippen LogP contribution in [0.25, 0.3) is 0 Å². The van der Waals surface area contributed by atoms with Gasteiger partial charge in [-0.25, -0.2) is 0 Å². The van der Waals surface area contributed by atoms with Crippen molar-refractivity contribution < 1.29 is 19.7 Å². The first-order valence-electron chi connectivity index (χ1n) is 15.5. The van der Waals surface area contributed by atoms with Gasteiger partial charge in [0.2, 0.25) is 5.91 Å². The maximum absolute atomic E-state index is 12.5. The normalized spacial score (nSPS) is 58.0. The van der Waals surface area contributed by atoms with Crippen molar-refractivity contribution in [1.29, 1.82) is 0 Å². The highest BCUT2D eigenvalue weighted by Crippen LogP contribution is 2.87. The van der Waals surface area contributed by atoms with Gasteiger partial charge in [0.1, 0.15) is 0 Å². The number of carbonyl (C=O) groups is 1. The number of nitrogens with two attached hydrogens (primary N) is 1. The molecule has 2 saturated heterocycles. The van der Waals surface area contributed by atoms with Crippen LogP contribution in [0, 0.1) is 45.3 Å². The van der Waals surface area contributed by atoms with E-state index in [4.69, 9.17) is 10.5 Å². The predicted octanol–water partition coefficient (Wildman–Crippen LogP) is 3.86. The van der Waals surface area contributed by atoms with Gasteiger partial charge in [0, 0.05) is 19.5 Å². The number of ether oxygens (including phenoxy) is 1. The van der Waals surface area contributed by atoms with Crippen LogP contribution in [0.5, 0.6) is 0 Å². The minimum atomic E-state index is -0.664. The number of aliphatic hydroxyl groups is 2. The zero-order valence-electron chi connectivity index (χ0n) is 23.5. The molecule has 7 aliphatic rings. The lowest BCUT2D eigenvalue weighted by atomic mass is 9.43. The summed E-state index contributed by atoms with van der Waals surface area (Å²) in [4.78, 5) is 14.5. The molecule has 0 radical (unpaired) electrons. The summed E-state index contributed by atoms with van der Waals surface area (Å²) in [6.45, 7) is 10.8. The van der Waals surface area contributed by atoms with Crippen LogP contribution in [-0.2, 0) is 9.53 Å². The van der Waals surface area contributed by atoms with E-state index in [1.54, 1.807) is 0 Å². The zero-order valence-corrected chi connectivity index (χ0v) is 23.5. The summed E-state index contributed by atoms with van der Waals surface area (Å²) in [5.74, 6) is 1.80. The van der Waals surface area contributed by atoms with E-state index >= 15 is 0 Å². The second kappa shape index (κ2) is 7.73. The molecule has 4 N–H and O–H groups in total. The Labute approximate surface area is 223 Å². The second-order valence-corrected chi connectivity index (χ2v) is 15.6. The molecule has 2 spiro atoms. The molecule has 7 rings (SSSR count). The van der Waals surface area contributed by atoms with Crippen LogP contribution < -0.4 is 5.73 Å². The molecule has 37 heavy (non-hydrogen) atoms. The van der Waals surface area contributed by atoms with Gasteiger partial charge in [0.05, 0.1) is 30.0 Å². The van der Waals surface area contributed by atoms with Gasteiger partial charge in [-0.1, -0.05) is 27.7 Å². The van der Waals surface area contributed by atoms with Crippen LogP contribution in [0.3, 0.4) is 0 Å². The second-order valence-electron chi connectivity index (χ2n) is 15.6. The minimum Gasteiger partial charge on any atom is -0.393 e. The van der Waals surface area contributed by atoms with Crippen molar-refractivity contribution in [2.75, 3.05) is 13.1 Å². The standard InChI is InChI=1S/C31H50N2O4/c1-18-15-19(16-33-14-6-5-7-23(33)35)37-25-24(18)28(4)12-13-30-17-29(30)11-10-22(34)27(2,3)20(29)8-9-21(30)31(28,32)26(25)36/h18-22,24-26,34,36H,5-17,32H2,1-4H3. The van der Waals surface area contributed by atoms with Gasteiger partial charge in [-0.15, -0.1) is 0 Å². The number of rotatable bonds is 2. The van der Waals surface area contributed by atoms with Crippen LogP contribution in [0.4, 0.5) is 0 Å². The Morgan fingerprint density at radius 2 is 1.76 bits per heavy atom. The number of piperidine rings is 1. The third kappa shape index (κ3) is 2.90. The highest BCUT2D eigenvalue weighted by Gasteiger charge is 2.85. The fraction of sp³-hybridized carbons (Fsp3) is 0.968. The lowest BCUT2D eigenvalue weighted by Crippen LogP contribution is -2.70. The summed E-state index contributed by atoms with van der Waals surface area (Å²) in [5.41, 5.74) is 7.34. The lowest BCUT2D eigenvalue weighted by molar-refractivity contribution is -0.155. The number of nitrogens with zero attached hydrogens (tertiary/aromatic N) is 1. The first-order chi connectivity index (χ1) is 17.4. The van der Waals surface area contributed by atoms with Gasteiger partial charge in [-0.3, -0.25) is 4.79 Å². The topological polar surface area (TPSA) is 96.0 Å². The Morgan fingerprint density at radius 3 is 2.51 bits per heavy atom. The minimum absolute atomic E-state index is 0.0158. The molecular weight excluding hydrogens is 464 g/mol. The van der Waals surface area contributed by atoms with Crippen LogP contribution in [0.1, 0.15) is 98.3 Å². The molecule has 7 fully saturated rings. The molecule has 12 unspecified atom stereocenters. The number of carbonyl (C=O) groups excluding carboxylic acids is 1. The number of fused-ring (bicyclic) bond motifs is 4. The molecule has 2 heterocycles. The van der Waals surface area contributed by atoms with Crippen molar-refractivity contribution in [3.05, 3.63) is 0 Å². The van der Waals surface area contributed by atoms with E-state index in [1.165, 1.54) is 12.8 Å². The Hall–Kier alpha value is -0.690. The van der Waals surface area contributed by atoms with Crippen molar-refractivity contribution in [2.24, 2.45) is 51.1 Å². The number of hydrogen-bond acceptors (Lipinski definition) is 5. The smallest absolute Gasteiger partial charge is 0.222 e. The van der Waals surface area contributed by atoms with Crippen molar-refractivity contribution >= 4 is 5.91 Å². The summed E-state index contributed by atoms with van der Waals surface area (Å²) in [6.07, 6.45) is 10.2. The lowest BCUT2D eigenvalue weighted by Gasteiger charge is -2.63. The first kappa shape index (κ1) is 25.3. The van der Waals surface area contributed by atoms with Gasteiger partial charge < -0.3 is 25.6 Å². The monoisotopic (exact) mass is 514 g/mol. The van der Waals surface area contributed by atoms with Gasteiger partial charge >= 0.3 is 0 Å². The average Bonchev–Trinajstić information content (AvgIpc) is 3.48. The molecule has 0 aromatic carbocycles. The van der Waals surface area contributed by atoms with E-state index in [-0.39, 0.29) is 46.4 Å². The highest BCUT2D eigenvalue weighted by atomic mass is 16.5. The van der Waals surface area contributed by atoms with E-state index in [0.29, 0.717) is 36.1 Å². The molecule has 0 aromatic heterocycles. The predicted molar refractivity (Wildman–Crippen MR) is 141 cm³/mol. The molecule has 5 saturated carbocycles. The molecule has 6 nitrogen and oxygen atoms in total. The highest BCUT2D eigenvalue weighted by molar-refractivity contribution is 5.76. The first-order valence-corrected chi connectivity index (χ1v) is 15.5. The maximum Gasteiger partial charge on any atom is 0.222 e. The van der Waals surface area contributed by atoms with Crippen molar-refractivity contribution in [3.8, 4) is 0 Å². The number of hydrogen-bond donors (Lipinski definition) is 3. The number of amides is 1. The molecule has 12 atom stereocenters. The van der Waals surface area contributed by atoms with Gasteiger partial charge in [-0.2, -0.15) is 0 Å². The number of aliphatic hydroxyl groups excluding tert-OH is 2. The number of likely N-dealkylation sites (tertiary alicyclic amines) is 1. The summed E-state index contributed by atoms with van der Waals surface area (Å²) >= 11 is 0. The molecule has 1 amide bonds. The van der Waals surface area contributed by atoms with Gasteiger partial charge in [0.25, 0.3) is 0 Å². The Morgan fingerprint density at radius 1 is 1.03 bits per heavy atom. The van der Waals surface area contributed by atoms with Crippen LogP contribution in [0.2, 0.25) is 0 Å². The molecule has 0 aromatic rings. The quantitative estimate of drug-likeness (QED) is 0.520. The van der Waals surface area contributed by atoms with E-state index in [9.17, 15) is 15.0 Å². The average molecular weight is 515 g/mol. The van der Waals surface area contributed by atoms with E-state index < -0.39 is 11.6 Å². The Kier molecular flexibility index (Phi) is 5.29. The van der Waals surface area contributed by atoms with Crippen molar-refractivity contribution in [2.45, 2.75) is 128 Å². The van der Waals surface area contributed by atoms with E-state index in [0.717, 1.165) is 57.9 Å². The Balaban J connectivity index is 1.19. The van der Waals surface area contributed by atoms with E-state index in [1.807, 2.05) is 4.90 Å². The van der Waals surface area contributed by atoms with Crippen LogP contribution in [-0.4, -0.2) is 64.1 Å². The van der Waals surface area contributed by atoms with Gasteiger partial charge in [0.15, 0.2) is 0 Å². The van der Waals surface area contributed by atoms with Gasteiger partial charge in [-0.05, 0) is 110 Å². The summed E-state index contributed by atoms with van der Waals surface area (Å²) in [7, 11) is 0. The maximum atomic E-state index is 12.5. The Bertz CT molecular complexity index is 986. The molecule has 0 bridgehead atoms. The fourth-order valence-electron chi connectivity index (χ4n) is 12.4. The molecule has 2 aliphatic heterocycles. The van der Waals surface area contributed by atoms with Crippen LogP contribution >= 0.6 is 0 Å². The molecule has 208 valence electrons. The third-order valence-corrected chi connectivity index (χ3v) is 14.2. The zero-order chi connectivity index (χ0) is 26.2. The molecule has 6 heteroatoms. The molecule has 5 aliphatic carbocycles. The SMILES string of the molecule is CC1CC(CN2CCCCC2=O)OC2C1C1(C)CCC34CC35CCC(O)C(C)(C)C5CCC4C1(N)C2O. The van der Waals surface area contributed by atoms with Crippen LogP contribution in [0.15, 0.2) is 0 Å². The van der Waals surface area contributed by atoms with E-state index in [2.05, 4.69) is 27.7 Å². The third-order valence-electron chi connectivity index (χ3n) is 14.2. The van der Waals surface area contributed by atoms with Crippen molar-refractivity contribution in [3.63, 3.8) is 0 Å². The molecular formula is C31H50N2O4. The summed E-state index contributed by atoms with van der Waals surface area (Å²) in [6, 6.07) is 0. The summed E-state index contributed by atoms with van der Waals surface area (Å²) in [5, 5.41) is 23.1. The van der Waals surface area contributed by atoms with Crippen molar-refractivity contribution in [1.82, 2.24) is 4.90 Å². The summed E-state index contributed by atoms with van der Waals surface area (Å²) < 4.78 is 6.79.